The lowest BCUT2D eigenvalue weighted by molar-refractivity contribution is 0.0601. The van der Waals surface area contributed by atoms with Crippen molar-refractivity contribution >= 4 is 11.7 Å². The highest BCUT2D eigenvalue weighted by Crippen LogP contribution is 2.41. The Bertz CT molecular complexity index is 428. The molecule has 1 aromatic rings. The van der Waals surface area contributed by atoms with E-state index in [1.807, 2.05) is 0 Å². The van der Waals surface area contributed by atoms with Crippen molar-refractivity contribution in [1.82, 2.24) is 0 Å². The van der Waals surface area contributed by atoms with Gasteiger partial charge in [0.25, 0.3) is 0 Å². The number of hydrogen-bond acceptors (Lipinski definition) is 5. The molecule has 1 aromatic carbocycles. The zero-order valence-corrected chi connectivity index (χ0v) is 8.49. The molecule has 2 N–H and O–H groups in total. The number of carbonyl (C=O) groups is 1. The predicted molar refractivity (Wildman–Crippen MR) is 53.1 cm³/mol. The second-order valence-electron chi connectivity index (χ2n) is 3.21. The maximum Gasteiger partial charge on any atom is 0.340 e. The quantitative estimate of drug-likeness (QED) is 0.553. The van der Waals surface area contributed by atoms with Crippen LogP contribution in [0.15, 0.2) is 6.07 Å². The van der Waals surface area contributed by atoms with E-state index in [4.69, 9.17) is 15.2 Å². The monoisotopic (exact) mass is 209 g/mol. The van der Waals surface area contributed by atoms with Gasteiger partial charge in [-0.15, -0.1) is 0 Å². The maximum atomic E-state index is 11.5. The third-order valence-corrected chi connectivity index (χ3v) is 2.29. The molecule has 0 saturated heterocycles. The first-order chi connectivity index (χ1) is 7.15. The summed E-state index contributed by atoms with van der Waals surface area (Å²) in [6, 6.07) is 1.71. The first-order valence-corrected chi connectivity index (χ1v) is 4.42. The Labute approximate surface area is 86.7 Å². The number of aryl methyl sites for hydroxylation is 1. The summed E-state index contributed by atoms with van der Waals surface area (Å²) >= 11 is 0. The molecule has 0 aromatic heterocycles. The molecule has 5 nitrogen and oxygen atoms in total. The average Bonchev–Trinajstić information content (AvgIpc) is 2.65. The highest BCUT2D eigenvalue weighted by Gasteiger charge is 2.24. The van der Waals surface area contributed by atoms with Gasteiger partial charge >= 0.3 is 5.97 Å². The van der Waals surface area contributed by atoms with Crippen LogP contribution >= 0.6 is 0 Å². The lowest BCUT2D eigenvalue weighted by atomic mass is 10.1. The van der Waals surface area contributed by atoms with E-state index in [1.54, 1.807) is 13.0 Å². The van der Waals surface area contributed by atoms with Gasteiger partial charge in [0.05, 0.1) is 18.4 Å². The van der Waals surface area contributed by atoms with Gasteiger partial charge in [0.15, 0.2) is 11.5 Å². The molecule has 1 aliphatic rings. The van der Waals surface area contributed by atoms with Crippen LogP contribution in [0.25, 0.3) is 0 Å². The summed E-state index contributed by atoms with van der Waals surface area (Å²) in [7, 11) is 1.31. The van der Waals surface area contributed by atoms with Gasteiger partial charge in [-0.05, 0) is 18.6 Å². The first kappa shape index (κ1) is 9.64. The molecule has 0 atom stereocenters. The molecule has 0 bridgehead atoms. The van der Waals surface area contributed by atoms with E-state index in [-0.39, 0.29) is 12.5 Å². The zero-order chi connectivity index (χ0) is 11.0. The molecule has 80 valence electrons. The van der Waals surface area contributed by atoms with Crippen LogP contribution < -0.4 is 15.2 Å². The van der Waals surface area contributed by atoms with E-state index in [2.05, 4.69) is 4.74 Å². The Hall–Kier alpha value is -1.91. The number of rotatable bonds is 1. The first-order valence-electron chi connectivity index (χ1n) is 4.42. The van der Waals surface area contributed by atoms with Crippen LogP contribution in [-0.4, -0.2) is 19.9 Å². The van der Waals surface area contributed by atoms with Crippen LogP contribution in [0.4, 0.5) is 5.69 Å². The highest BCUT2D eigenvalue weighted by atomic mass is 16.7. The normalized spacial score (nSPS) is 12.7. The number of nitrogens with two attached hydrogens (primary N) is 1. The number of benzene rings is 1. The molecule has 2 rings (SSSR count). The minimum absolute atomic E-state index is 0.129. The lowest BCUT2D eigenvalue weighted by Gasteiger charge is -2.09. The van der Waals surface area contributed by atoms with Crippen LogP contribution in [0.2, 0.25) is 0 Å². The van der Waals surface area contributed by atoms with Gasteiger partial charge in [0.2, 0.25) is 6.79 Å². The number of esters is 1. The molecule has 0 aliphatic carbocycles. The zero-order valence-electron chi connectivity index (χ0n) is 8.49. The van der Waals surface area contributed by atoms with Gasteiger partial charge in [-0.25, -0.2) is 4.79 Å². The molecule has 1 aliphatic heterocycles. The second kappa shape index (κ2) is 3.34. The molecule has 0 radical (unpaired) electrons. The minimum atomic E-state index is -0.469. The molecule has 0 spiro atoms. The number of ether oxygens (including phenoxy) is 3. The Morgan fingerprint density at radius 1 is 1.53 bits per heavy atom. The van der Waals surface area contributed by atoms with E-state index in [0.717, 1.165) is 0 Å². The number of nitrogen functional groups attached to an aromatic ring is 1. The summed E-state index contributed by atoms with van der Waals surface area (Å²) in [6.07, 6.45) is 0. The van der Waals surface area contributed by atoms with Gasteiger partial charge in [-0.3, -0.25) is 0 Å². The highest BCUT2D eigenvalue weighted by molar-refractivity contribution is 5.99. The van der Waals surface area contributed by atoms with Gasteiger partial charge in [0.1, 0.15) is 0 Å². The number of carbonyl (C=O) groups excluding carboxylic acids is 1. The molecule has 5 heteroatoms. The molecule has 1 heterocycles. The van der Waals surface area contributed by atoms with Gasteiger partial charge in [-0.1, -0.05) is 0 Å². The SMILES string of the molecule is COC(=O)c1c(C)cc2c(c1N)OCO2. The summed E-state index contributed by atoms with van der Waals surface area (Å²) in [5.74, 6) is 0.516. The van der Waals surface area contributed by atoms with Crippen LogP contribution in [0, 0.1) is 6.92 Å². The van der Waals surface area contributed by atoms with Crippen LogP contribution in [0.5, 0.6) is 11.5 Å². The maximum absolute atomic E-state index is 11.5. The van der Waals surface area contributed by atoms with Crippen molar-refractivity contribution in [2.45, 2.75) is 6.92 Å². The summed E-state index contributed by atoms with van der Waals surface area (Å²) in [6.45, 7) is 1.90. The Kier molecular flexibility index (Phi) is 2.15. The third kappa shape index (κ3) is 1.36. The number of methoxy groups -OCH3 is 1. The fraction of sp³-hybridized carbons (Fsp3) is 0.300. The Balaban J connectivity index is 2.61. The average molecular weight is 209 g/mol. The fourth-order valence-electron chi connectivity index (χ4n) is 1.57. The van der Waals surface area contributed by atoms with Crippen molar-refractivity contribution in [3.05, 3.63) is 17.2 Å². The van der Waals surface area contributed by atoms with Gasteiger partial charge in [-0.2, -0.15) is 0 Å². The topological polar surface area (TPSA) is 70.8 Å². The van der Waals surface area contributed by atoms with Crippen LogP contribution in [0.1, 0.15) is 15.9 Å². The third-order valence-electron chi connectivity index (χ3n) is 2.29. The molecule has 0 unspecified atom stereocenters. The van der Waals surface area contributed by atoms with E-state index in [9.17, 15) is 4.79 Å². The van der Waals surface area contributed by atoms with Crippen molar-refractivity contribution in [2.75, 3.05) is 19.6 Å². The number of fused-ring (bicyclic) bond motifs is 1. The van der Waals surface area contributed by atoms with E-state index in [0.29, 0.717) is 22.6 Å². The standard InChI is InChI=1S/C10H11NO4/c1-5-3-6-9(15-4-14-6)8(11)7(5)10(12)13-2/h3H,4,11H2,1-2H3. The lowest BCUT2D eigenvalue weighted by Crippen LogP contribution is -2.08. The molecule has 0 fully saturated rings. The molecular formula is C10H11NO4. The van der Waals surface area contributed by atoms with Crippen LogP contribution in [0.3, 0.4) is 0 Å². The second-order valence-corrected chi connectivity index (χ2v) is 3.21. The Morgan fingerprint density at radius 3 is 2.93 bits per heavy atom. The van der Waals surface area contributed by atoms with E-state index in [1.165, 1.54) is 7.11 Å². The van der Waals surface area contributed by atoms with Gasteiger partial charge in [0, 0.05) is 0 Å². The number of hydrogen-bond donors (Lipinski definition) is 1. The van der Waals surface area contributed by atoms with Crippen molar-refractivity contribution in [2.24, 2.45) is 0 Å². The molecule has 0 amide bonds. The predicted octanol–water partition coefficient (Wildman–Crippen LogP) is 1.09. The summed E-state index contributed by atoms with van der Waals surface area (Å²) in [5.41, 5.74) is 7.13. The molecular weight excluding hydrogens is 198 g/mol. The minimum Gasteiger partial charge on any atom is -0.465 e. The van der Waals surface area contributed by atoms with Crippen LogP contribution in [-0.2, 0) is 4.74 Å². The van der Waals surface area contributed by atoms with E-state index >= 15 is 0 Å². The summed E-state index contributed by atoms with van der Waals surface area (Å²) in [4.78, 5) is 11.5. The largest absolute Gasteiger partial charge is 0.465 e. The summed E-state index contributed by atoms with van der Waals surface area (Å²) < 4.78 is 15.0. The van der Waals surface area contributed by atoms with Crippen molar-refractivity contribution in [1.29, 1.82) is 0 Å². The smallest absolute Gasteiger partial charge is 0.340 e. The fourth-order valence-corrected chi connectivity index (χ4v) is 1.57. The molecule has 0 saturated carbocycles. The van der Waals surface area contributed by atoms with Crippen molar-refractivity contribution in [3.8, 4) is 11.5 Å². The van der Waals surface area contributed by atoms with Gasteiger partial charge < -0.3 is 19.9 Å². The Morgan fingerprint density at radius 2 is 2.27 bits per heavy atom. The number of anilines is 1. The molecule has 15 heavy (non-hydrogen) atoms. The van der Waals surface area contributed by atoms with Crippen molar-refractivity contribution in [3.63, 3.8) is 0 Å². The van der Waals surface area contributed by atoms with E-state index < -0.39 is 5.97 Å². The van der Waals surface area contributed by atoms with Crippen molar-refractivity contribution < 1.29 is 19.0 Å². The summed E-state index contributed by atoms with van der Waals surface area (Å²) in [5, 5.41) is 0.